The van der Waals surface area contributed by atoms with E-state index >= 15 is 0 Å². The highest BCUT2D eigenvalue weighted by molar-refractivity contribution is 5.21. The Balaban J connectivity index is 2.88. The summed E-state index contributed by atoms with van der Waals surface area (Å²) in [6.07, 6.45) is 2.25. The van der Waals surface area contributed by atoms with Crippen LogP contribution in [0, 0.1) is 11.7 Å². The van der Waals surface area contributed by atoms with Gasteiger partial charge in [0.1, 0.15) is 5.82 Å². The highest BCUT2D eigenvalue weighted by Gasteiger charge is 2.20. The van der Waals surface area contributed by atoms with Crippen molar-refractivity contribution >= 4 is 0 Å². The first-order valence-electron chi connectivity index (χ1n) is 6.18. The molecule has 1 nitrogen and oxygen atoms in total. The molecule has 16 heavy (non-hydrogen) atoms. The number of rotatable bonds is 6. The van der Waals surface area contributed by atoms with E-state index in [9.17, 15) is 4.39 Å². The predicted molar refractivity (Wildman–Crippen MR) is 66.9 cm³/mol. The van der Waals surface area contributed by atoms with Crippen LogP contribution in [0.5, 0.6) is 0 Å². The summed E-state index contributed by atoms with van der Waals surface area (Å²) in [6.45, 7) is 7.28. The van der Waals surface area contributed by atoms with Gasteiger partial charge in [-0.3, -0.25) is 0 Å². The number of hydrogen-bond acceptors (Lipinski definition) is 1. The van der Waals surface area contributed by atoms with E-state index in [4.69, 9.17) is 0 Å². The molecule has 0 amide bonds. The Morgan fingerprint density at radius 2 is 1.94 bits per heavy atom. The van der Waals surface area contributed by atoms with Crippen molar-refractivity contribution in [1.82, 2.24) is 5.32 Å². The first-order valence-corrected chi connectivity index (χ1v) is 6.18. The van der Waals surface area contributed by atoms with Crippen molar-refractivity contribution in [2.45, 2.75) is 39.7 Å². The molecule has 0 spiro atoms. The van der Waals surface area contributed by atoms with Crippen LogP contribution < -0.4 is 5.32 Å². The van der Waals surface area contributed by atoms with E-state index in [2.05, 4.69) is 26.1 Å². The topological polar surface area (TPSA) is 12.0 Å². The van der Waals surface area contributed by atoms with E-state index in [0.717, 1.165) is 24.9 Å². The maximum Gasteiger partial charge on any atom is 0.127 e. The highest BCUT2D eigenvalue weighted by Crippen LogP contribution is 2.27. The summed E-state index contributed by atoms with van der Waals surface area (Å²) in [5.41, 5.74) is 0.797. The van der Waals surface area contributed by atoms with Gasteiger partial charge in [0.25, 0.3) is 0 Å². The summed E-state index contributed by atoms with van der Waals surface area (Å²) >= 11 is 0. The first-order chi connectivity index (χ1) is 7.70. The Morgan fingerprint density at radius 3 is 2.50 bits per heavy atom. The zero-order valence-electron chi connectivity index (χ0n) is 10.5. The molecule has 2 heteroatoms. The van der Waals surface area contributed by atoms with Gasteiger partial charge < -0.3 is 5.32 Å². The van der Waals surface area contributed by atoms with Crippen molar-refractivity contribution in [3.8, 4) is 0 Å². The highest BCUT2D eigenvalue weighted by atomic mass is 19.1. The second-order valence-corrected chi connectivity index (χ2v) is 4.32. The molecule has 1 N–H and O–H groups in total. The van der Waals surface area contributed by atoms with E-state index in [1.165, 1.54) is 0 Å². The molecule has 2 unspecified atom stereocenters. The van der Waals surface area contributed by atoms with Gasteiger partial charge in [0, 0.05) is 11.6 Å². The molecule has 0 radical (unpaired) electrons. The van der Waals surface area contributed by atoms with Crippen molar-refractivity contribution in [2.24, 2.45) is 5.92 Å². The molecule has 0 saturated carbocycles. The zero-order valence-corrected chi connectivity index (χ0v) is 10.5. The van der Waals surface area contributed by atoms with E-state index in [0.29, 0.717) is 5.92 Å². The van der Waals surface area contributed by atoms with Crippen molar-refractivity contribution < 1.29 is 4.39 Å². The van der Waals surface area contributed by atoms with Gasteiger partial charge in [-0.1, -0.05) is 45.4 Å². The van der Waals surface area contributed by atoms with Crippen LogP contribution in [0.4, 0.5) is 4.39 Å². The molecule has 1 rings (SSSR count). The standard InChI is InChI=1S/C14H22FN/c1-4-8-11(3)14(16-5-2)12-9-6-7-10-13(12)15/h6-7,9-11,14,16H,4-5,8H2,1-3H3. The van der Waals surface area contributed by atoms with Crippen LogP contribution in [0.1, 0.15) is 45.2 Å². The van der Waals surface area contributed by atoms with Gasteiger partial charge >= 0.3 is 0 Å². The van der Waals surface area contributed by atoms with Crippen LogP contribution in [0.25, 0.3) is 0 Å². The van der Waals surface area contributed by atoms with Crippen LogP contribution in [-0.2, 0) is 0 Å². The molecule has 0 aliphatic heterocycles. The van der Waals surface area contributed by atoms with Crippen LogP contribution in [-0.4, -0.2) is 6.54 Å². The third-order valence-electron chi connectivity index (χ3n) is 2.98. The molecule has 0 fully saturated rings. The number of benzene rings is 1. The summed E-state index contributed by atoms with van der Waals surface area (Å²) in [5.74, 6) is 0.359. The van der Waals surface area contributed by atoms with Crippen LogP contribution in [0.2, 0.25) is 0 Å². The smallest absolute Gasteiger partial charge is 0.127 e. The van der Waals surface area contributed by atoms with E-state index in [1.54, 1.807) is 12.1 Å². The molecular formula is C14H22FN. The zero-order chi connectivity index (χ0) is 12.0. The molecule has 0 aromatic heterocycles. The summed E-state index contributed by atoms with van der Waals surface area (Å²) in [5, 5.41) is 3.38. The maximum absolute atomic E-state index is 13.7. The third-order valence-corrected chi connectivity index (χ3v) is 2.98. The van der Waals surface area contributed by atoms with Crippen LogP contribution >= 0.6 is 0 Å². The fourth-order valence-electron chi connectivity index (χ4n) is 2.19. The lowest BCUT2D eigenvalue weighted by Gasteiger charge is -2.25. The van der Waals surface area contributed by atoms with Crippen molar-refractivity contribution in [2.75, 3.05) is 6.54 Å². The maximum atomic E-state index is 13.7. The minimum absolute atomic E-state index is 0.101. The van der Waals surface area contributed by atoms with Gasteiger partial charge in [-0.25, -0.2) is 4.39 Å². The normalized spacial score (nSPS) is 14.8. The first kappa shape index (κ1) is 13.2. The van der Waals surface area contributed by atoms with Gasteiger partial charge in [0.2, 0.25) is 0 Å². The fourth-order valence-corrected chi connectivity index (χ4v) is 2.19. The summed E-state index contributed by atoms with van der Waals surface area (Å²) in [7, 11) is 0. The molecule has 90 valence electrons. The second kappa shape index (κ2) is 6.64. The minimum Gasteiger partial charge on any atom is -0.310 e. The van der Waals surface area contributed by atoms with E-state index in [-0.39, 0.29) is 11.9 Å². The lowest BCUT2D eigenvalue weighted by Crippen LogP contribution is -2.27. The molecule has 1 aromatic carbocycles. The molecule has 0 aliphatic rings. The lowest BCUT2D eigenvalue weighted by molar-refractivity contribution is 0.359. The van der Waals surface area contributed by atoms with Gasteiger partial charge in [0.05, 0.1) is 0 Å². The Kier molecular flexibility index (Phi) is 5.47. The molecule has 0 bridgehead atoms. The van der Waals surface area contributed by atoms with Crippen LogP contribution in [0.3, 0.4) is 0 Å². The van der Waals surface area contributed by atoms with Crippen molar-refractivity contribution in [1.29, 1.82) is 0 Å². The molecule has 0 saturated heterocycles. The average Bonchev–Trinajstić information content (AvgIpc) is 2.27. The minimum atomic E-state index is -0.101. The van der Waals surface area contributed by atoms with Gasteiger partial charge in [0.15, 0.2) is 0 Å². The van der Waals surface area contributed by atoms with E-state index in [1.807, 2.05) is 12.1 Å². The molecule has 2 atom stereocenters. The van der Waals surface area contributed by atoms with Gasteiger partial charge in [-0.2, -0.15) is 0 Å². The third kappa shape index (κ3) is 3.31. The Hall–Kier alpha value is -0.890. The molecular weight excluding hydrogens is 201 g/mol. The molecule has 1 aromatic rings. The Labute approximate surface area is 98.1 Å². The van der Waals surface area contributed by atoms with Gasteiger partial charge in [-0.15, -0.1) is 0 Å². The number of hydrogen-bond donors (Lipinski definition) is 1. The average molecular weight is 223 g/mol. The summed E-state index contributed by atoms with van der Waals surface area (Å²) < 4.78 is 13.7. The summed E-state index contributed by atoms with van der Waals surface area (Å²) in [6, 6.07) is 7.20. The van der Waals surface area contributed by atoms with Crippen LogP contribution in [0.15, 0.2) is 24.3 Å². The predicted octanol–water partition coefficient (Wildman–Crippen LogP) is 3.91. The fraction of sp³-hybridized carbons (Fsp3) is 0.571. The summed E-state index contributed by atoms with van der Waals surface area (Å²) in [4.78, 5) is 0. The van der Waals surface area contributed by atoms with Crippen molar-refractivity contribution in [3.05, 3.63) is 35.6 Å². The Morgan fingerprint density at radius 1 is 1.25 bits per heavy atom. The second-order valence-electron chi connectivity index (χ2n) is 4.32. The molecule has 0 heterocycles. The van der Waals surface area contributed by atoms with E-state index < -0.39 is 0 Å². The number of halogens is 1. The lowest BCUT2D eigenvalue weighted by atomic mass is 9.90. The SMILES string of the molecule is CCCC(C)C(NCC)c1ccccc1F. The monoisotopic (exact) mass is 223 g/mol. The van der Waals surface area contributed by atoms with Crippen molar-refractivity contribution in [3.63, 3.8) is 0 Å². The molecule has 0 aliphatic carbocycles. The largest absolute Gasteiger partial charge is 0.310 e. The Bertz CT molecular complexity index is 311. The number of nitrogens with one attached hydrogen (secondary N) is 1. The quantitative estimate of drug-likeness (QED) is 0.771. The van der Waals surface area contributed by atoms with Gasteiger partial charge in [-0.05, 0) is 24.9 Å².